The second-order valence-electron chi connectivity index (χ2n) is 9.38. The summed E-state index contributed by atoms with van der Waals surface area (Å²) in [6.45, 7) is 0. The Morgan fingerprint density at radius 3 is 2.07 bits per heavy atom. The van der Waals surface area contributed by atoms with Crippen LogP contribution in [0.3, 0.4) is 0 Å². The first-order valence-corrected chi connectivity index (χ1v) is 13.9. The van der Waals surface area contributed by atoms with Gasteiger partial charge in [0.15, 0.2) is 0 Å². The number of hydrogen-bond acceptors (Lipinski definition) is 5. The Hall–Kier alpha value is -3.55. The van der Waals surface area contributed by atoms with Crippen molar-refractivity contribution in [3.05, 3.63) is 65.7 Å². The van der Waals surface area contributed by atoms with Crippen LogP contribution in [0, 0.1) is 11.8 Å². The fourth-order valence-electron chi connectivity index (χ4n) is 4.55. The number of para-hydroxylation sites is 1. The fraction of sp³-hybridized carbons (Fsp3) is 0.407. The van der Waals surface area contributed by atoms with Gasteiger partial charge < -0.3 is 11.1 Å². The van der Waals surface area contributed by atoms with Gasteiger partial charge >= 0.3 is 12.4 Å². The van der Waals surface area contributed by atoms with Crippen molar-refractivity contribution in [3.8, 4) is 0 Å². The molecule has 3 amide bonds. The van der Waals surface area contributed by atoms with Crippen LogP contribution in [-0.2, 0) is 14.4 Å². The van der Waals surface area contributed by atoms with Gasteiger partial charge in [-0.25, -0.2) is 4.99 Å². The number of nitrogens with zero attached hydrogens (tertiary/aromatic N) is 2. The Morgan fingerprint density at radius 2 is 1.51 bits per heavy atom. The van der Waals surface area contributed by atoms with E-state index in [0.29, 0.717) is 22.5 Å². The quantitative estimate of drug-likeness (QED) is 0.352. The summed E-state index contributed by atoms with van der Waals surface area (Å²) in [5, 5.41) is 2.32. The van der Waals surface area contributed by atoms with Gasteiger partial charge in [0, 0.05) is 35.8 Å². The lowest BCUT2D eigenvalue weighted by Gasteiger charge is -2.28. The zero-order chi connectivity index (χ0) is 30.4. The van der Waals surface area contributed by atoms with Crippen molar-refractivity contribution in [1.29, 1.82) is 0 Å². The Kier molecular flexibility index (Phi) is 10.5. The monoisotopic (exact) mass is 602 g/mol. The number of hydrogen-bond donors (Lipinski definition) is 2. The third-order valence-electron chi connectivity index (χ3n) is 6.46. The number of carbonyl (C=O) groups is 3. The van der Waals surface area contributed by atoms with Crippen LogP contribution in [0.2, 0.25) is 0 Å². The standard InChI is InChI=1S/C27H28F6N4O3S/c1-41-15-37-20-10-6-5-9-19(20)21(16-7-3-2-4-8-16)35-23(25(37)40)36-24(39)18(12-14-27(31,32)33)17(22(34)38)11-13-26(28,29)30/h2-10,17-18,23H,11-15H2,1H3,(H2,34,38)(H,36,39)/t17?,18?,23-/m1/s1. The van der Waals surface area contributed by atoms with Gasteiger partial charge in [-0.05, 0) is 25.2 Å². The molecular weight excluding hydrogens is 574 g/mol. The number of anilines is 1. The third-order valence-corrected chi connectivity index (χ3v) is 6.97. The van der Waals surface area contributed by atoms with Crippen molar-refractivity contribution in [2.45, 2.75) is 44.2 Å². The lowest BCUT2D eigenvalue weighted by molar-refractivity contribution is -0.152. The number of halogens is 6. The number of nitrogens with one attached hydrogen (secondary N) is 1. The Morgan fingerprint density at radius 1 is 0.951 bits per heavy atom. The van der Waals surface area contributed by atoms with E-state index in [1.54, 1.807) is 60.9 Å². The molecule has 0 radical (unpaired) electrons. The van der Waals surface area contributed by atoms with Crippen LogP contribution in [0.25, 0.3) is 0 Å². The predicted molar refractivity (Wildman–Crippen MR) is 143 cm³/mol. The van der Waals surface area contributed by atoms with Gasteiger partial charge in [-0.3, -0.25) is 19.3 Å². The summed E-state index contributed by atoms with van der Waals surface area (Å²) >= 11 is 1.29. The number of benzene rings is 2. The van der Waals surface area contributed by atoms with Crippen LogP contribution in [0.4, 0.5) is 32.0 Å². The maximum absolute atomic E-state index is 13.7. The van der Waals surface area contributed by atoms with Crippen molar-refractivity contribution in [3.63, 3.8) is 0 Å². The van der Waals surface area contributed by atoms with Gasteiger partial charge in [-0.2, -0.15) is 26.3 Å². The van der Waals surface area contributed by atoms with Crippen LogP contribution in [0.15, 0.2) is 59.6 Å². The van der Waals surface area contributed by atoms with Crippen LogP contribution in [0.5, 0.6) is 0 Å². The first kappa shape index (κ1) is 32.0. The van der Waals surface area contributed by atoms with Crippen molar-refractivity contribution < 1.29 is 40.7 Å². The highest BCUT2D eigenvalue weighted by molar-refractivity contribution is 7.98. The van der Waals surface area contributed by atoms with Crippen LogP contribution < -0.4 is 16.0 Å². The zero-order valence-corrected chi connectivity index (χ0v) is 22.7. The van der Waals surface area contributed by atoms with Crippen LogP contribution in [0.1, 0.15) is 36.8 Å². The molecule has 3 N–H and O–H groups in total. The molecule has 0 aromatic heterocycles. The number of thioether (sulfide) groups is 1. The van der Waals surface area contributed by atoms with Gasteiger partial charge in [-0.15, -0.1) is 11.8 Å². The summed E-state index contributed by atoms with van der Waals surface area (Å²) in [5.41, 5.74) is 7.17. The summed E-state index contributed by atoms with van der Waals surface area (Å²) in [7, 11) is 0. The van der Waals surface area contributed by atoms with E-state index in [2.05, 4.69) is 10.3 Å². The Labute approximate surface area is 236 Å². The number of aliphatic imine (C=N–C) groups is 1. The maximum atomic E-state index is 13.7. The molecule has 0 saturated heterocycles. The number of carbonyl (C=O) groups excluding carboxylic acids is 3. The molecule has 222 valence electrons. The van der Waals surface area contributed by atoms with E-state index in [-0.39, 0.29) is 5.88 Å². The highest BCUT2D eigenvalue weighted by Gasteiger charge is 2.41. The molecule has 0 saturated carbocycles. The second kappa shape index (κ2) is 13.4. The zero-order valence-electron chi connectivity index (χ0n) is 21.8. The highest BCUT2D eigenvalue weighted by atomic mass is 32.2. The third kappa shape index (κ3) is 8.72. The van der Waals surface area contributed by atoms with Crippen molar-refractivity contribution in [1.82, 2.24) is 5.32 Å². The summed E-state index contributed by atoms with van der Waals surface area (Å²) in [6.07, 6.45) is -14.5. The molecule has 3 atom stereocenters. The van der Waals surface area contributed by atoms with Crippen molar-refractivity contribution in [2.75, 3.05) is 17.0 Å². The largest absolute Gasteiger partial charge is 0.389 e. The van der Waals surface area contributed by atoms with E-state index < -0.39 is 73.8 Å². The van der Waals surface area contributed by atoms with Gasteiger partial charge in [0.2, 0.25) is 18.0 Å². The predicted octanol–water partition coefficient (Wildman–Crippen LogP) is 5.04. The van der Waals surface area contributed by atoms with E-state index in [4.69, 9.17) is 5.73 Å². The van der Waals surface area contributed by atoms with E-state index in [1.807, 2.05) is 0 Å². The molecule has 0 spiro atoms. The number of nitrogens with two attached hydrogens (primary N) is 1. The summed E-state index contributed by atoms with van der Waals surface area (Å²) in [4.78, 5) is 45.1. The Bertz CT molecular complexity index is 1270. The molecular formula is C27H28F6N4O3S. The van der Waals surface area contributed by atoms with Gasteiger partial charge in [0.05, 0.1) is 17.3 Å². The minimum atomic E-state index is -4.77. The molecule has 14 heteroatoms. The molecule has 3 rings (SSSR count). The van der Waals surface area contributed by atoms with Crippen LogP contribution >= 0.6 is 11.8 Å². The van der Waals surface area contributed by atoms with E-state index >= 15 is 0 Å². The maximum Gasteiger partial charge on any atom is 0.389 e. The average Bonchev–Trinajstić information content (AvgIpc) is 3.00. The number of alkyl halides is 6. The average molecular weight is 603 g/mol. The molecule has 41 heavy (non-hydrogen) atoms. The molecule has 1 aliphatic rings. The van der Waals surface area contributed by atoms with Crippen molar-refractivity contribution >= 4 is 40.9 Å². The van der Waals surface area contributed by atoms with E-state index in [9.17, 15) is 40.7 Å². The number of fused-ring (bicyclic) bond motifs is 1. The van der Waals surface area contributed by atoms with Gasteiger partial charge in [-0.1, -0.05) is 48.5 Å². The van der Waals surface area contributed by atoms with E-state index in [1.165, 1.54) is 16.7 Å². The first-order chi connectivity index (χ1) is 19.2. The normalized spacial score (nSPS) is 17.2. The lowest BCUT2D eigenvalue weighted by atomic mass is 9.83. The minimum Gasteiger partial charge on any atom is -0.369 e. The molecule has 0 bridgehead atoms. The van der Waals surface area contributed by atoms with Gasteiger partial charge in [0.25, 0.3) is 5.91 Å². The highest BCUT2D eigenvalue weighted by Crippen LogP contribution is 2.33. The Balaban J connectivity index is 2.05. The topological polar surface area (TPSA) is 105 Å². The van der Waals surface area contributed by atoms with E-state index in [0.717, 1.165) is 0 Å². The number of primary amides is 1. The molecule has 1 heterocycles. The second-order valence-corrected chi connectivity index (χ2v) is 10.2. The lowest BCUT2D eigenvalue weighted by Crippen LogP contribution is -2.51. The molecule has 0 fully saturated rings. The molecule has 2 aromatic rings. The minimum absolute atomic E-state index is 0.132. The van der Waals surface area contributed by atoms with Gasteiger partial charge in [0.1, 0.15) is 0 Å². The molecule has 2 unspecified atom stereocenters. The summed E-state index contributed by atoms with van der Waals surface area (Å²) in [6, 6.07) is 15.5. The molecule has 2 aromatic carbocycles. The summed E-state index contributed by atoms with van der Waals surface area (Å²) in [5.74, 6) is -6.92. The smallest absolute Gasteiger partial charge is 0.369 e. The van der Waals surface area contributed by atoms with Crippen LogP contribution in [-0.4, -0.2) is 54.1 Å². The molecule has 7 nitrogen and oxygen atoms in total. The fourth-order valence-corrected chi connectivity index (χ4v) is 5.07. The number of rotatable bonds is 11. The number of benzodiazepines with no additional fused rings is 1. The molecule has 0 aliphatic carbocycles. The number of amides is 3. The molecule has 1 aliphatic heterocycles. The van der Waals surface area contributed by atoms with Crippen molar-refractivity contribution in [2.24, 2.45) is 22.6 Å². The first-order valence-electron chi connectivity index (χ1n) is 12.5. The summed E-state index contributed by atoms with van der Waals surface area (Å²) < 4.78 is 78.1. The SMILES string of the molecule is CSCN1C(=O)[C@@H](NC(=O)C(CCC(F)(F)F)C(CCC(F)(F)F)C(N)=O)N=C(c2ccccc2)c2ccccc21.